The lowest BCUT2D eigenvalue weighted by molar-refractivity contribution is -0.579. The molecule has 1 aromatic carbocycles. The fourth-order valence-corrected chi connectivity index (χ4v) is 2.18. The fourth-order valence-electron chi connectivity index (χ4n) is 1.88. The third kappa shape index (κ3) is 1.67. The zero-order valence-corrected chi connectivity index (χ0v) is 11.1. The SMILES string of the molecule is Cc1ccc(-c2n[n+]3cccnc3n2S)cc1C. The van der Waals surface area contributed by atoms with Crippen molar-refractivity contribution in [3.05, 3.63) is 47.8 Å². The lowest BCUT2D eigenvalue weighted by atomic mass is 10.1. The van der Waals surface area contributed by atoms with Crippen LogP contribution in [-0.4, -0.2) is 14.1 Å². The minimum Gasteiger partial charge on any atom is -0.146 e. The second kappa shape index (κ2) is 4.10. The van der Waals surface area contributed by atoms with Crippen LogP contribution in [0.1, 0.15) is 11.1 Å². The van der Waals surface area contributed by atoms with Crippen LogP contribution in [0.4, 0.5) is 0 Å². The van der Waals surface area contributed by atoms with E-state index in [9.17, 15) is 0 Å². The molecule has 2 heterocycles. The zero-order chi connectivity index (χ0) is 12.7. The summed E-state index contributed by atoms with van der Waals surface area (Å²) in [5, 5.41) is 4.49. The summed E-state index contributed by atoms with van der Waals surface area (Å²) >= 11 is 4.46. The summed E-state index contributed by atoms with van der Waals surface area (Å²) in [6, 6.07) is 8.11. The Hall–Kier alpha value is -1.88. The molecule has 0 atom stereocenters. The van der Waals surface area contributed by atoms with Gasteiger partial charge in [-0.2, -0.15) is 0 Å². The van der Waals surface area contributed by atoms with Gasteiger partial charge in [0.15, 0.2) is 0 Å². The van der Waals surface area contributed by atoms with E-state index in [4.69, 9.17) is 0 Å². The third-order valence-corrected chi connectivity index (χ3v) is 3.43. The van der Waals surface area contributed by atoms with Gasteiger partial charge in [0, 0.05) is 24.4 Å². The van der Waals surface area contributed by atoms with Gasteiger partial charge < -0.3 is 0 Å². The molecule has 0 aliphatic heterocycles. The molecule has 4 nitrogen and oxygen atoms in total. The summed E-state index contributed by atoms with van der Waals surface area (Å²) in [6.07, 6.45) is 3.59. The van der Waals surface area contributed by atoms with Crippen molar-refractivity contribution in [2.24, 2.45) is 0 Å². The Labute approximate surface area is 110 Å². The Morgan fingerprint density at radius 2 is 2.06 bits per heavy atom. The number of rotatable bonds is 1. The molecular weight excluding hydrogens is 244 g/mol. The van der Waals surface area contributed by atoms with Crippen LogP contribution in [0.2, 0.25) is 0 Å². The summed E-state index contributed by atoms with van der Waals surface area (Å²) in [4.78, 5) is 4.25. The normalized spacial score (nSPS) is 11.1. The molecule has 0 radical (unpaired) electrons. The molecule has 0 saturated heterocycles. The van der Waals surface area contributed by atoms with Crippen molar-refractivity contribution in [2.75, 3.05) is 0 Å². The highest BCUT2D eigenvalue weighted by Gasteiger charge is 2.18. The van der Waals surface area contributed by atoms with E-state index in [1.807, 2.05) is 12.3 Å². The van der Waals surface area contributed by atoms with Crippen molar-refractivity contribution in [1.82, 2.24) is 14.1 Å². The Kier molecular flexibility index (Phi) is 2.56. The molecule has 2 aromatic heterocycles. The van der Waals surface area contributed by atoms with Gasteiger partial charge in [-0.1, -0.05) is 16.1 Å². The van der Waals surface area contributed by atoms with Gasteiger partial charge >= 0.3 is 5.78 Å². The first kappa shape index (κ1) is 11.2. The number of aryl methyl sites for hydroxylation is 2. The quantitative estimate of drug-likeness (QED) is 0.534. The van der Waals surface area contributed by atoms with Crippen molar-refractivity contribution >= 4 is 18.6 Å². The van der Waals surface area contributed by atoms with Crippen molar-refractivity contribution in [2.45, 2.75) is 13.8 Å². The largest absolute Gasteiger partial charge is 0.435 e. The number of nitrogens with zero attached hydrogens (tertiary/aromatic N) is 4. The number of benzene rings is 1. The maximum Gasteiger partial charge on any atom is 0.435 e. The molecule has 0 saturated carbocycles. The zero-order valence-electron chi connectivity index (χ0n) is 10.2. The predicted molar refractivity (Wildman–Crippen MR) is 72.5 cm³/mol. The molecule has 0 aliphatic carbocycles. The molecule has 0 bridgehead atoms. The fraction of sp³-hybridized carbons (Fsp3) is 0.154. The minimum atomic E-state index is 0.703. The summed E-state index contributed by atoms with van der Waals surface area (Å²) in [6.45, 7) is 4.19. The van der Waals surface area contributed by atoms with Crippen molar-refractivity contribution < 1.29 is 4.52 Å². The molecule has 0 fully saturated rings. The smallest absolute Gasteiger partial charge is 0.146 e. The van der Waals surface area contributed by atoms with Crippen LogP contribution in [-0.2, 0) is 0 Å². The van der Waals surface area contributed by atoms with Gasteiger partial charge in [0.2, 0.25) is 5.82 Å². The van der Waals surface area contributed by atoms with Gasteiger partial charge in [-0.15, -0.1) is 8.49 Å². The number of aromatic nitrogens is 4. The number of hydrogen-bond donors (Lipinski definition) is 1. The molecule has 0 spiro atoms. The highest BCUT2D eigenvalue weighted by atomic mass is 32.1. The Morgan fingerprint density at radius 1 is 1.22 bits per heavy atom. The van der Waals surface area contributed by atoms with Crippen LogP contribution < -0.4 is 4.52 Å². The summed E-state index contributed by atoms with van der Waals surface area (Å²) < 4.78 is 3.42. The Morgan fingerprint density at radius 3 is 2.78 bits per heavy atom. The first-order valence-corrected chi connectivity index (χ1v) is 6.09. The minimum absolute atomic E-state index is 0.703. The molecular formula is C13H13N4S+. The van der Waals surface area contributed by atoms with E-state index in [1.54, 1.807) is 14.7 Å². The van der Waals surface area contributed by atoms with E-state index in [-0.39, 0.29) is 0 Å². The van der Waals surface area contributed by atoms with Crippen molar-refractivity contribution in [1.29, 1.82) is 0 Å². The van der Waals surface area contributed by atoms with E-state index in [2.05, 4.69) is 54.9 Å². The molecule has 5 heteroatoms. The first-order valence-electron chi connectivity index (χ1n) is 5.69. The molecule has 90 valence electrons. The average Bonchev–Trinajstić information content (AvgIpc) is 2.71. The monoisotopic (exact) mass is 257 g/mol. The van der Waals surface area contributed by atoms with Crippen LogP contribution in [0, 0.1) is 13.8 Å². The molecule has 0 unspecified atom stereocenters. The van der Waals surface area contributed by atoms with Crippen LogP contribution >= 0.6 is 12.8 Å². The number of thiol groups is 1. The topological polar surface area (TPSA) is 34.8 Å². The van der Waals surface area contributed by atoms with E-state index in [0.29, 0.717) is 5.78 Å². The maximum absolute atomic E-state index is 4.49. The molecule has 3 aromatic rings. The maximum atomic E-state index is 4.49. The summed E-state index contributed by atoms with van der Waals surface area (Å²) in [7, 11) is 0. The molecule has 18 heavy (non-hydrogen) atoms. The summed E-state index contributed by atoms with van der Waals surface area (Å²) in [5.41, 5.74) is 3.55. The Balaban J connectivity index is 2.25. The van der Waals surface area contributed by atoms with Gasteiger partial charge in [0.1, 0.15) is 6.20 Å². The van der Waals surface area contributed by atoms with Gasteiger partial charge in [-0.05, 0) is 37.1 Å². The van der Waals surface area contributed by atoms with Crippen LogP contribution in [0.3, 0.4) is 0 Å². The second-order valence-electron chi connectivity index (χ2n) is 4.30. The van der Waals surface area contributed by atoms with E-state index < -0.39 is 0 Å². The lowest BCUT2D eigenvalue weighted by Crippen LogP contribution is -2.23. The molecule has 0 N–H and O–H groups in total. The third-order valence-electron chi connectivity index (χ3n) is 3.07. The van der Waals surface area contributed by atoms with Gasteiger partial charge in [0.25, 0.3) is 0 Å². The Bertz CT molecular complexity index is 733. The highest BCUT2D eigenvalue weighted by molar-refractivity contribution is 7.78. The highest BCUT2D eigenvalue weighted by Crippen LogP contribution is 2.21. The van der Waals surface area contributed by atoms with Crippen molar-refractivity contribution in [3.8, 4) is 11.4 Å². The lowest BCUT2D eigenvalue weighted by Gasteiger charge is -2.01. The van der Waals surface area contributed by atoms with Gasteiger partial charge in [-0.3, -0.25) is 0 Å². The number of fused-ring (bicyclic) bond motifs is 1. The van der Waals surface area contributed by atoms with Crippen molar-refractivity contribution in [3.63, 3.8) is 0 Å². The number of hydrogen-bond acceptors (Lipinski definition) is 3. The second-order valence-corrected chi connectivity index (χ2v) is 4.70. The molecule has 0 aliphatic rings. The molecule has 3 rings (SSSR count). The van der Waals surface area contributed by atoms with Crippen LogP contribution in [0.15, 0.2) is 36.7 Å². The first-order chi connectivity index (χ1) is 8.66. The average molecular weight is 257 g/mol. The van der Waals surface area contributed by atoms with Crippen LogP contribution in [0.25, 0.3) is 17.2 Å². The van der Waals surface area contributed by atoms with E-state index in [0.717, 1.165) is 11.4 Å². The molecule has 0 amide bonds. The summed E-state index contributed by atoms with van der Waals surface area (Å²) in [5.74, 6) is 1.49. The predicted octanol–water partition coefficient (Wildman–Crippen LogP) is 1.99. The van der Waals surface area contributed by atoms with E-state index in [1.165, 1.54) is 11.1 Å². The van der Waals surface area contributed by atoms with E-state index >= 15 is 0 Å². The van der Waals surface area contributed by atoms with Gasteiger partial charge in [-0.25, -0.2) is 0 Å². The standard InChI is InChI=1S/C13H13N4S/c1-9-4-5-11(8-10(9)2)12-15-16-7-3-6-14-13(16)17(12)18/h3-8,18H,1-2H3/q+1. The van der Waals surface area contributed by atoms with Gasteiger partial charge in [0.05, 0.1) is 6.20 Å². The van der Waals surface area contributed by atoms with Crippen LogP contribution in [0.5, 0.6) is 0 Å².